The largest absolute Gasteiger partial charge is 0.310 e. The predicted octanol–water partition coefficient (Wildman–Crippen LogP) is 3.63. The van der Waals surface area contributed by atoms with Crippen molar-refractivity contribution in [1.82, 2.24) is 34.7 Å². The van der Waals surface area contributed by atoms with Gasteiger partial charge in [-0.05, 0) is 57.2 Å². The number of nitrogens with one attached hydrogen (secondary N) is 1. The maximum Gasteiger partial charge on any atom is 0.263 e. The third kappa shape index (κ3) is 3.37. The van der Waals surface area contributed by atoms with E-state index in [4.69, 9.17) is 9.97 Å². The van der Waals surface area contributed by atoms with Gasteiger partial charge in [-0.15, -0.1) is 0 Å². The molecule has 0 amide bonds. The SMILES string of the molecule is Cc1ccc([C@H](C)n2nc(C#N)c3c(=O)[nH]c([C@H]4CC[C@@H]4c4nccc(C5CC5)n4)nc32)cn1. The lowest BCUT2D eigenvalue weighted by Crippen LogP contribution is -2.28. The van der Waals surface area contributed by atoms with Gasteiger partial charge in [-0.25, -0.2) is 19.6 Å². The highest BCUT2D eigenvalue weighted by Crippen LogP contribution is 2.47. The first kappa shape index (κ1) is 20.7. The molecule has 0 aliphatic heterocycles. The quantitative estimate of drug-likeness (QED) is 0.490. The number of pyridine rings is 1. The third-order valence-electron chi connectivity index (χ3n) is 7.12. The van der Waals surface area contributed by atoms with Gasteiger partial charge in [-0.3, -0.25) is 9.78 Å². The molecule has 9 nitrogen and oxygen atoms in total. The van der Waals surface area contributed by atoms with Crippen LogP contribution < -0.4 is 5.56 Å². The number of fused-ring (bicyclic) bond motifs is 1. The molecule has 2 aliphatic rings. The van der Waals surface area contributed by atoms with Crippen LogP contribution >= 0.6 is 0 Å². The number of rotatable bonds is 5. The van der Waals surface area contributed by atoms with Crippen LogP contribution in [0.25, 0.3) is 11.0 Å². The molecule has 0 spiro atoms. The van der Waals surface area contributed by atoms with Crippen molar-refractivity contribution in [2.45, 2.75) is 63.3 Å². The third-order valence-corrected chi connectivity index (χ3v) is 7.12. The van der Waals surface area contributed by atoms with Crippen LogP contribution in [0, 0.1) is 18.3 Å². The minimum absolute atomic E-state index is 0.0248. The molecule has 4 aromatic heterocycles. The van der Waals surface area contributed by atoms with E-state index >= 15 is 0 Å². The molecule has 0 bridgehead atoms. The topological polar surface area (TPSA) is 126 Å². The predicted molar refractivity (Wildman–Crippen MR) is 124 cm³/mol. The van der Waals surface area contributed by atoms with E-state index in [9.17, 15) is 10.1 Å². The summed E-state index contributed by atoms with van der Waals surface area (Å²) in [5.41, 5.74) is 3.12. The summed E-state index contributed by atoms with van der Waals surface area (Å²) < 4.78 is 1.66. The van der Waals surface area contributed by atoms with Gasteiger partial charge >= 0.3 is 0 Å². The molecule has 6 rings (SSSR count). The fourth-order valence-electron chi connectivity index (χ4n) is 4.76. The molecular formula is C25H24N8O. The number of aromatic nitrogens is 7. The molecule has 4 heterocycles. The first-order chi connectivity index (χ1) is 16.5. The zero-order valence-electron chi connectivity index (χ0n) is 19.1. The summed E-state index contributed by atoms with van der Waals surface area (Å²) in [4.78, 5) is 34.6. The Hall–Kier alpha value is -3.93. The van der Waals surface area contributed by atoms with Gasteiger partial charge in [0.05, 0.1) is 6.04 Å². The molecule has 170 valence electrons. The molecular weight excluding hydrogens is 428 g/mol. The second-order valence-corrected chi connectivity index (χ2v) is 9.37. The maximum atomic E-state index is 13.1. The molecule has 34 heavy (non-hydrogen) atoms. The van der Waals surface area contributed by atoms with E-state index in [0.29, 0.717) is 17.4 Å². The summed E-state index contributed by atoms with van der Waals surface area (Å²) in [6, 6.07) is 7.73. The van der Waals surface area contributed by atoms with Crippen molar-refractivity contribution >= 4 is 11.0 Å². The van der Waals surface area contributed by atoms with Crippen LogP contribution in [0.1, 0.15) is 90.7 Å². The Labute approximate surface area is 195 Å². The molecule has 2 fully saturated rings. The van der Waals surface area contributed by atoms with E-state index in [2.05, 4.69) is 26.1 Å². The van der Waals surface area contributed by atoms with Crippen molar-refractivity contribution in [2.75, 3.05) is 0 Å². The molecule has 9 heteroatoms. The summed E-state index contributed by atoms with van der Waals surface area (Å²) in [7, 11) is 0. The molecule has 0 unspecified atom stereocenters. The van der Waals surface area contributed by atoms with Gasteiger partial charge in [0, 0.05) is 41.5 Å². The van der Waals surface area contributed by atoms with Gasteiger partial charge in [0.2, 0.25) is 0 Å². The van der Waals surface area contributed by atoms with Crippen LogP contribution in [0.2, 0.25) is 0 Å². The Bertz CT molecular complexity index is 1490. The van der Waals surface area contributed by atoms with Gasteiger partial charge < -0.3 is 4.98 Å². The number of hydrogen-bond donors (Lipinski definition) is 1. The second kappa shape index (κ2) is 7.83. The van der Waals surface area contributed by atoms with E-state index in [1.54, 1.807) is 10.9 Å². The van der Waals surface area contributed by atoms with Crippen molar-refractivity contribution < 1.29 is 0 Å². The summed E-state index contributed by atoms with van der Waals surface area (Å²) in [6.45, 7) is 3.89. The summed E-state index contributed by atoms with van der Waals surface area (Å²) in [6.07, 6.45) is 7.86. The van der Waals surface area contributed by atoms with Crippen molar-refractivity contribution in [3.63, 3.8) is 0 Å². The zero-order chi connectivity index (χ0) is 23.4. The Morgan fingerprint density at radius 2 is 1.94 bits per heavy atom. The number of aromatic amines is 1. The van der Waals surface area contributed by atoms with Crippen LogP contribution in [0.4, 0.5) is 0 Å². The lowest BCUT2D eigenvalue weighted by molar-refractivity contribution is 0.318. The molecule has 2 saturated carbocycles. The highest BCUT2D eigenvalue weighted by molar-refractivity contribution is 5.80. The van der Waals surface area contributed by atoms with E-state index in [1.807, 2.05) is 38.2 Å². The normalized spacial score (nSPS) is 20.6. The maximum absolute atomic E-state index is 13.1. The van der Waals surface area contributed by atoms with Crippen LogP contribution in [-0.2, 0) is 0 Å². The summed E-state index contributed by atoms with van der Waals surface area (Å²) in [5.74, 6) is 2.13. The summed E-state index contributed by atoms with van der Waals surface area (Å²) in [5, 5.41) is 14.3. The van der Waals surface area contributed by atoms with Gasteiger partial charge in [0.25, 0.3) is 5.56 Å². The summed E-state index contributed by atoms with van der Waals surface area (Å²) >= 11 is 0. The fraction of sp³-hybridized carbons (Fsp3) is 0.400. The van der Waals surface area contributed by atoms with E-state index < -0.39 is 0 Å². The minimum Gasteiger partial charge on any atom is -0.310 e. The first-order valence-electron chi connectivity index (χ1n) is 11.7. The van der Waals surface area contributed by atoms with E-state index in [1.165, 1.54) is 12.8 Å². The van der Waals surface area contributed by atoms with Crippen molar-refractivity contribution in [2.24, 2.45) is 0 Å². The number of hydrogen-bond acceptors (Lipinski definition) is 7. The van der Waals surface area contributed by atoms with Crippen LogP contribution in [0.15, 0.2) is 35.4 Å². The van der Waals surface area contributed by atoms with Crippen LogP contribution in [0.3, 0.4) is 0 Å². The Morgan fingerprint density at radius 3 is 2.62 bits per heavy atom. The van der Waals surface area contributed by atoms with Gasteiger partial charge in [-0.2, -0.15) is 10.4 Å². The van der Waals surface area contributed by atoms with Gasteiger partial charge in [0.15, 0.2) is 11.3 Å². The molecule has 0 saturated heterocycles. The molecule has 0 radical (unpaired) electrons. The van der Waals surface area contributed by atoms with E-state index in [-0.39, 0.29) is 34.5 Å². The van der Waals surface area contributed by atoms with Crippen molar-refractivity contribution in [3.8, 4) is 6.07 Å². The molecule has 3 atom stereocenters. The van der Waals surface area contributed by atoms with Gasteiger partial charge in [0.1, 0.15) is 23.1 Å². The first-order valence-corrected chi connectivity index (χ1v) is 11.7. The smallest absolute Gasteiger partial charge is 0.263 e. The molecule has 2 aliphatic carbocycles. The highest BCUT2D eigenvalue weighted by atomic mass is 16.1. The Balaban J connectivity index is 1.41. The zero-order valence-corrected chi connectivity index (χ0v) is 19.1. The average Bonchev–Trinajstić information content (AvgIpc) is 3.60. The van der Waals surface area contributed by atoms with Crippen molar-refractivity contribution in [1.29, 1.82) is 5.26 Å². The number of aryl methyl sites for hydroxylation is 1. The number of nitrogens with zero attached hydrogens (tertiary/aromatic N) is 7. The fourth-order valence-corrected chi connectivity index (χ4v) is 4.76. The lowest BCUT2D eigenvalue weighted by atomic mass is 9.72. The molecule has 0 aromatic carbocycles. The number of H-pyrrole nitrogens is 1. The Kier molecular flexibility index (Phi) is 4.76. The van der Waals surface area contributed by atoms with Crippen LogP contribution in [0.5, 0.6) is 0 Å². The minimum atomic E-state index is -0.338. The van der Waals surface area contributed by atoms with Crippen LogP contribution in [-0.4, -0.2) is 34.7 Å². The monoisotopic (exact) mass is 452 g/mol. The van der Waals surface area contributed by atoms with Gasteiger partial charge in [-0.1, -0.05) is 6.07 Å². The highest BCUT2D eigenvalue weighted by Gasteiger charge is 2.38. The number of nitriles is 1. The second-order valence-electron chi connectivity index (χ2n) is 9.37. The Morgan fingerprint density at radius 1 is 1.12 bits per heavy atom. The lowest BCUT2D eigenvalue weighted by Gasteiger charge is -2.34. The standard InChI is InChI=1S/C25H24N8O/c1-13-3-4-16(12-28-13)14(2)33-24-21(20(11-26)32-33)25(34)31-23(30-24)18-8-7-17(18)22-27-10-9-19(29-22)15-5-6-15/h3-4,9-10,12,14-15,17-18H,5-8H2,1-2H3,(H,30,31,34)/t14-,17-,18-/m0/s1. The molecule has 1 N–H and O–H groups in total. The molecule has 4 aromatic rings. The van der Waals surface area contributed by atoms with E-state index in [0.717, 1.165) is 35.6 Å². The average molecular weight is 453 g/mol. The van der Waals surface area contributed by atoms with Crippen molar-refractivity contribution in [3.05, 3.63) is 75.2 Å².